The van der Waals surface area contributed by atoms with Crippen LogP contribution in [0.15, 0.2) is 0 Å². The second-order valence-corrected chi connectivity index (χ2v) is 6.93. The summed E-state index contributed by atoms with van der Waals surface area (Å²) in [5, 5.41) is 3.23. The minimum absolute atomic E-state index is 0.121. The van der Waals surface area contributed by atoms with Crippen LogP contribution in [-0.2, 0) is 4.79 Å². The molecule has 20 heavy (non-hydrogen) atoms. The zero-order chi connectivity index (χ0) is 14.8. The second-order valence-electron chi connectivity index (χ2n) is 6.93. The standard InChI is InChI=1S/C18H35NO/c1-4-6-8-9-11-15-18(3,14-10-7-5-2)17(20)19-16-12-13-16/h16H,4-15H2,1-3H3,(H,19,20). The molecule has 0 bridgehead atoms. The largest absolute Gasteiger partial charge is 0.353 e. The van der Waals surface area contributed by atoms with Crippen molar-refractivity contribution in [3.63, 3.8) is 0 Å². The van der Waals surface area contributed by atoms with Crippen molar-refractivity contribution in [2.75, 3.05) is 0 Å². The van der Waals surface area contributed by atoms with Crippen LogP contribution in [0.2, 0.25) is 0 Å². The van der Waals surface area contributed by atoms with Gasteiger partial charge in [0, 0.05) is 11.5 Å². The molecule has 0 spiro atoms. The fourth-order valence-corrected chi connectivity index (χ4v) is 2.82. The lowest BCUT2D eigenvalue weighted by Gasteiger charge is -2.28. The zero-order valence-corrected chi connectivity index (χ0v) is 14.0. The van der Waals surface area contributed by atoms with E-state index in [0.717, 1.165) is 12.8 Å². The number of rotatable bonds is 12. The van der Waals surface area contributed by atoms with Gasteiger partial charge in [0.1, 0.15) is 0 Å². The van der Waals surface area contributed by atoms with Crippen LogP contribution in [0.5, 0.6) is 0 Å². The Balaban J connectivity index is 2.37. The van der Waals surface area contributed by atoms with Gasteiger partial charge in [-0.1, -0.05) is 72.1 Å². The number of hydrogen-bond donors (Lipinski definition) is 1. The average Bonchev–Trinajstić information content (AvgIpc) is 3.23. The highest BCUT2D eigenvalue weighted by Crippen LogP contribution is 2.33. The first-order valence-corrected chi connectivity index (χ1v) is 8.93. The van der Waals surface area contributed by atoms with Gasteiger partial charge < -0.3 is 5.32 Å². The van der Waals surface area contributed by atoms with E-state index in [2.05, 4.69) is 26.1 Å². The summed E-state index contributed by atoms with van der Waals surface area (Å²) in [5.74, 6) is 0.326. The Hall–Kier alpha value is -0.530. The van der Waals surface area contributed by atoms with Crippen LogP contribution in [0.1, 0.15) is 97.8 Å². The summed E-state index contributed by atoms with van der Waals surface area (Å²) in [6.07, 6.45) is 14.6. The highest BCUT2D eigenvalue weighted by atomic mass is 16.2. The third kappa shape index (κ3) is 6.76. The Morgan fingerprint density at radius 1 is 0.950 bits per heavy atom. The minimum atomic E-state index is -0.121. The molecule has 0 heterocycles. The lowest BCUT2D eigenvalue weighted by Crippen LogP contribution is -2.40. The Labute approximate surface area is 126 Å². The van der Waals surface area contributed by atoms with Crippen molar-refractivity contribution >= 4 is 5.91 Å². The van der Waals surface area contributed by atoms with Crippen LogP contribution in [-0.4, -0.2) is 11.9 Å². The summed E-state index contributed by atoms with van der Waals surface area (Å²) in [4.78, 5) is 12.5. The van der Waals surface area contributed by atoms with E-state index in [4.69, 9.17) is 0 Å². The molecule has 0 saturated heterocycles. The van der Waals surface area contributed by atoms with E-state index in [1.54, 1.807) is 0 Å². The Morgan fingerprint density at radius 2 is 1.45 bits per heavy atom. The van der Waals surface area contributed by atoms with E-state index in [1.165, 1.54) is 64.2 Å². The first-order chi connectivity index (χ1) is 9.62. The molecular weight excluding hydrogens is 246 g/mol. The molecule has 1 atom stereocenters. The molecule has 0 aliphatic heterocycles. The SMILES string of the molecule is CCCCCCCC(C)(CCCCC)C(=O)NC1CC1. The van der Waals surface area contributed by atoms with Crippen molar-refractivity contribution in [2.24, 2.45) is 5.41 Å². The van der Waals surface area contributed by atoms with Gasteiger partial charge in [0.05, 0.1) is 0 Å². The van der Waals surface area contributed by atoms with E-state index in [0.29, 0.717) is 11.9 Å². The molecule has 1 N–H and O–H groups in total. The van der Waals surface area contributed by atoms with Gasteiger partial charge in [-0.15, -0.1) is 0 Å². The predicted molar refractivity (Wildman–Crippen MR) is 86.8 cm³/mol. The second kappa shape index (κ2) is 9.41. The highest BCUT2D eigenvalue weighted by Gasteiger charge is 2.35. The highest BCUT2D eigenvalue weighted by molar-refractivity contribution is 5.82. The molecule has 0 aromatic carbocycles. The van der Waals surface area contributed by atoms with Gasteiger partial charge in [-0.2, -0.15) is 0 Å². The van der Waals surface area contributed by atoms with Crippen molar-refractivity contribution in [1.29, 1.82) is 0 Å². The first-order valence-electron chi connectivity index (χ1n) is 8.93. The molecule has 0 radical (unpaired) electrons. The third-order valence-electron chi connectivity index (χ3n) is 4.62. The number of carbonyl (C=O) groups is 1. The number of nitrogens with one attached hydrogen (secondary N) is 1. The van der Waals surface area contributed by atoms with Gasteiger partial charge in [0.15, 0.2) is 0 Å². The van der Waals surface area contributed by atoms with Crippen LogP contribution in [0.4, 0.5) is 0 Å². The van der Waals surface area contributed by atoms with Crippen molar-refractivity contribution in [2.45, 2.75) is 104 Å². The lowest BCUT2D eigenvalue weighted by molar-refractivity contribution is -0.131. The summed E-state index contributed by atoms with van der Waals surface area (Å²) < 4.78 is 0. The normalized spacial score (nSPS) is 17.8. The molecule has 2 nitrogen and oxygen atoms in total. The van der Waals surface area contributed by atoms with E-state index in [-0.39, 0.29) is 5.41 Å². The van der Waals surface area contributed by atoms with E-state index in [1.807, 2.05) is 0 Å². The van der Waals surface area contributed by atoms with Gasteiger partial charge in [-0.05, 0) is 25.7 Å². The van der Waals surface area contributed by atoms with Crippen LogP contribution in [0.3, 0.4) is 0 Å². The Morgan fingerprint density at radius 3 is 2.00 bits per heavy atom. The molecule has 1 unspecified atom stereocenters. The van der Waals surface area contributed by atoms with Gasteiger partial charge >= 0.3 is 0 Å². The quantitative estimate of drug-likeness (QED) is 0.489. The molecule has 1 fully saturated rings. The smallest absolute Gasteiger partial charge is 0.226 e. The number of amides is 1. The summed E-state index contributed by atoms with van der Waals surface area (Å²) in [5.41, 5.74) is -0.121. The monoisotopic (exact) mass is 281 g/mol. The maximum Gasteiger partial charge on any atom is 0.226 e. The molecule has 1 amide bonds. The Kier molecular flexibility index (Phi) is 8.25. The van der Waals surface area contributed by atoms with Crippen molar-refractivity contribution < 1.29 is 4.79 Å². The van der Waals surface area contributed by atoms with Crippen LogP contribution >= 0.6 is 0 Å². The first kappa shape index (κ1) is 17.5. The Bertz CT molecular complexity index is 273. The molecule has 1 rings (SSSR count). The molecule has 0 aromatic heterocycles. The van der Waals surface area contributed by atoms with Crippen molar-refractivity contribution in [3.8, 4) is 0 Å². The minimum Gasteiger partial charge on any atom is -0.353 e. The molecule has 118 valence electrons. The van der Waals surface area contributed by atoms with Gasteiger partial charge in [-0.25, -0.2) is 0 Å². The predicted octanol–water partition coefficient (Wildman–Crippen LogP) is 5.21. The van der Waals surface area contributed by atoms with E-state index in [9.17, 15) is 4.79 Å². The topological polar surface area (TPSA) is 29.1 Å². The van der Waals surface area contributed by atoms with Crippen LogP contribution in [0, 0.1) is 5.41 Å². The molecule has 1 saturated carbocycles. The molecule has 0 aromatic rings. The molecule has 1 aliphatic carbocycles. The molecule has 2 heteroatoms. The van der Waals surface area contributed by atoms with Crippen molar-refractivity contribution in [1.82, 2.24) is 5.32 Å². The number of hydrogen-bond acceptors (Lipinski definition) is 1. The van der Waals surface area contributed by atoms with Crippen LogP contribution in [0.25, 0.3) is 0 Å². The summed E-state index contributed by atoms with van der Waals surface area (Å²) in [6, 6.07) is 0.494. The maximum atomic E-state index is 12.5. The van der Waals surface area contributed by atoms with Gasteiger partial charge in [0.25, 0.3) is 0 Å². The third-order valence-corrected chi connectivity index (χ3v) is 4.62. The fraction of sp³-hybridized carbons (Fsp3) is 0.944. The molecule has 1 aliphatic rings. The average molecular weight is 281 g/mol. The molecular formula is C18H35NO. The number of unbranched alkanes of at least 4 members (excludes halogenated alkanes) is 6. The zero-order valence-electron chi connectivity index (χ0n) is 14.0. The lowest BCUT2D eigenvalue weighted by atomic mass is 9.79. The van der Waals surface area contributed by atoms with Gasteiger partial charge in [-0.3, -0.25) is 4.79 Å². The van der Waals surface area contributed by atoms with Crippen molar-refractivity contribution in [3.05, 3.63) is 0 Å². The van der Waals surface area contributed by atoms with Gasteiger partial charge in [0.2, 0.25) is 5.91 Å². The summed E-state index contributed by atoms with van der Waals surface area (Å²) >= 11 is 0. The maximum absolute atomic E-state index is 12.5. The van der Waals surface area contributed by atoms with Crippen LogP contribution < -0.4 is 5.32 Å². The fourth-order valence-electron chi connectivity index (χ4n) is 2.82. The summed E-state index contributed by atoms with van der Waals surface area (Å²) in [7, 11) is 0. The van der Waals surface area contributed by atoms with E-state index < -0.39 is 0 Å². The van der Waals surface area contributed by atoms with E-state index >= 15 is 0 Å². The summed E-state index contributed by atoms with van der Waals surface area (Å²) in [6.45, 7) is 6.67. The number of carbonyl (C=O) groups excluding carboxylic acids is 1.